The predicted molar refractivity (Wildman–Crippen MR) is 94.3 cm³/mol. The smallest absolute Gasteiger partial charge is 0.124 e. The van der Waals surface area contributed by atoms with E-state index in [4.69, 9.17) is 10.7 Å². The second kappa shape index (κ2) is 6.99. The van der Waals surface area contributed by atoms with Gasteiger partial charge in [-0.1, -0.05) is 26.0 Å². The average Bonchev–Trinajstić information content (AvgIpc) is 3.03. The number of imidazole rings is 1. The van der Waals surface area contributed by atoms with E-state index in [1.807, 2.05) is 0 Å². The summed E-state index contributed by atoms with van der Waals surface area (Å²) in [6.07, 6.45) is 2.32. The molecule has 2 N–H and O–H groups in total. The summed E-state index contributed by atoms with van der Waals surface area (Å²) >= 11 is 0. The maximum Gasteiger partial charge on any atom is 0.124 e. The van der Waals surface area contributed by atoms with Gasteiger partial charge in [0.25, 0.3) is 0 Å². The molecule has 0 bridgehead atoms. The van der Waals surface area contributed by atoms with Crippen LogP contribution in [0.3, 0.4) is 0 Å². The Bertz CT molecular complexity index is 624. The first-order valence-electron chi connectivity index (χ1n) is 8.02. The van der Waals surface area contributed by atoms with Crippen LogP contribution in [0.25, 0.3) is 11.0 Å². The van der Waals surface area contributed by atoms with E-state index < -0.39 is 0 Å². The largest absolute Gasteiger partial charge is 0.330 e. The summed E-state index contributed by atoms with van der Waals surface area (Å²) in [6, 6.07) is 8.45. The van der Waals surface area contributed by atoms with Crippen molar-refractivity contribution >= 4 is 23.4 Å². The van der Waals surface area contributed by atoms with Gasteiger partial charge in [0.2, 0.25) is 0 Å². The molecule has 3 rings (SSSR count). The van der Waals surface area contributed by atoms with Gasteiger partial charge in [0, 0.05) is 13.1 Å². The normalized spacial score (nSPS) is 22.1. The average molecular weight is 323 g/mol. The number of aromatic nitrogens is 2. The van der Waals surface area contributed by atoms with E-state index in [2.05, 4.69) is 47.6 Å². The Hall–Kier alpha value is -1.10. The first kappa shape index (κ1) is 17.3. The highest BCUT2D eigenvalue weighted by atomic mass is 35.5. The number of fused-ring (bicyclic) bond motifs is 1. The molecule has 1 atom stereocenters. The summed E-state index contributed by atoms with van der Waals surface area (Å²) in [5.74, 6) is 1.19. The molecule has 0 amide bonds. The van der Waals surface area contributed by atoms with Crippen LogP contribution in [0.15, 0.2) is 24.3 Å². The van der Waals surface area contributed by atoms with Gasteiger partial charge in [-0.05, 0) is 43.5 Å². The van der Waals surface area contributed by atoms with Crippen molar-refractivity contribution in [3.05, 3.63) is 30.1 Å². The maximum atomic E-state index is 5.92. The number of likely N-dealkylation sites (tertiary alicyclic amines) is 1. The SMILES string of the molecule is CCCn1c(CN2CCC(C)(CN)C2)nc2ccccc21.Cl. The van der Waals surface area contributed by atoms with Crippen LogP contribution in [0.2, 0.25) is 0 Å². The van der Waals surface area contributed by atoms with Crippen molar-refractivity contribution in [2.75, 3.05) is 19.6 Å². The lowest BCUT2D eigenvalue weighted by atomic mass is 9.90. The highest BCUT2D eigenvalue weighted by Gasteiger charge is 2.32. The molecule has 1 aliphatic rings. The molecule has 0 saturated carbocycles. The van der Waals surface area contributed by atoms with Crippen LogP contribution in [-0.2, 0) is 13.1 Å². The highest BCUT2D eigenvalue weighted by Crippen LogP contribution is 2.30. The van der Waals surface area contributed by atoms with Gasteiger partial charge in [0.15, 0.2) is 0 Å². The Morgan fingerprint density at radius 2 is 2.09 bits per heavy atom. The van der Waals surface area contributed by atoms with Gasteiger partial charge in [-0.2, -0.15) is 0 Å². The van der Waals surface area contributed by atoms with Gasteiger partial charge in [-0.25, -0.2) is 4.98 Å². The predicted octanol–water partition coefficient (Wildman–Crippen LogP) is 3.04. The third-order valence-corrected chi connectivity index (χ3v) is 4.68. The number of aryl methyl sites for hydroxylation is 1. The van der Waals surface area contributed by atoms with Gasteiger partial charge < -0.3 is 10.3 Å². The second-order valence-electron chi connectivity index (χ2n) is 6.64. The third kappa shape index (κ3) is 3.29. The molecular weight excluding hydrogens is 296 g/mol. The van der Waals surface area contributed by atoms with Gasteiger partial charge in [-0.15, -0.1) is 12.4 Å². The molecule has 1 fully saturated rings. The van der Waals surface area contributed by atoms with Crippen LogP contribution < -0.4 is 5.73 Å². The standard InChI is InChI=1S/C17H26N4.ClH/c1-3-9-21-15-7-5-4-6-14(15)19-16(21)11-20-10-8-17(2,12-18)13-20;/h4-7H,3,8-13,18H2,1-2H3;1H. The zero-order valence-electron chi connectivity index (χ0n) is 13.6. The summed E-state index contributed by atoms with van der Waals surface area (Å²) < 4.78 is 2.38. The van der Waals surface area contributed by atoms with Crippen LogP contribution in [-0.4, -0.2) is 34.1 Å². The van der Waals surface area contributed by atoms with Crippen LogP contribution in [0.1, 0.15) is 32.5 Å². The quantitative estimate of drug-likeness (QED) is 0.920. The van der Waals surface area contributed by atoms with Gasteiger partial charge in [-0.3, -0.25) is 4.90 Å². The van der Waals surface area contributed by atoms with Crippen molar-refractivity contribution in [1.29, 1.82) is 0 Å². The molecule has 1 aromatic carbocycles. The van der Waals surface area contributed by atoms with Crippen molar-refractivity contribution in [2.45, 2.75) is 39.8 Å². The van der Waals surface area contributed by atoms with Gasteiger partial charge in [0.05, 0.1) is 17.6 Å². The van der Waals surface area contributed by atoms with Crippen molar-refractivity contribution in [3.8, 4) is 0 Å². The van der Waals surface area contributed by atoms with Crippen LogP contribution in [0, 0.1) is 5.41 Å². The third-order valence-electron chi connectivity index (χ3n) is 4.68. The van der Waals surface area contributed by atoms with Crippen molar-refractivity contribution in [2.24, 2.45) is 11.1 Å². The van der Waals surface area contributed by atoms with Crippen molar-refractivity contribution in [3.63, 3.8) is 0 Å². The van der Waals surface area contributed by atoms with Crippen molar-refractivity contribution < 1.29 is 0 Å². The number of hydrogen-bond acceptors (Lipinski definition) is 3. The Morgan fingerprint density at radius 3 is 2.77 bits per heavy atom. The van der Waals surface area contributed by atoms with Gasteiger partial charge in [0.1, 0.15) is 5.82 Å². The zero-order chi connectivity index (χ0) is 14.9. The Kier molecular flexibility index (Phi) is 5.48. The summed E-state index contributed by atoms with van der Waals surface area (Å²) in [6.45, 7) is 9.47. The van der Waals surface area contributed by atoms with E-state index >= 15 is 0 Å². The molecule has 0 aliphatic carbocycles. The first-order chi connectivity index (χ1) is 10.1. The summed E-state index contributed by atoms with van der Waals surface area (Å²) in [7, 11) is 0. The summed E-state index contributed by atoms with van der Waals surface area (Å²) in [5, 5.41) is 0. The lowest BCUT2D eigenvalue weighted by Gasteiger charge is -2.22. The number of hydrogen-bond donors (Lipinski definition) is 1. The molecule has 2 aromatic rings. The zero-order valence-corrected chi connectivity index (χ0v) is 14.4. The molecule has 5 heteroatoms. The van der Waals surface area contributed by atoms with E-state index in [9.17, 15) is 0 Å². The Balaban J connectivity index is 0.00000176. The Morgan fingerprint density at radius 1 is 1.32 bits per heavy atom. The fourth-order valence-electron chi connectivity index (χ4n) is 3.35. The van der Waals surface area contributed by atoms with Crippen LogP contribution >= 0.6 is 12.4 Å². The lowest BCUT2D eigenvalue weighted by Crippen LogP contribution is -2.31. The molecule has 122 valence electrons. The van der Waals surface area contributed by atoms with E-state index in [1.165, 1.54) is 17.8 Å². The number of para-hydroxylation sites is 2. The molecule has 0 spiro atoms. The molecule has 1 aromatic heterocycles. The number of rotatable bonds is 5. The van der Waals surface area contributed by atoms with E-state index in [0.717, 1.165) is 44.7 Å². The number of nitrogens with two attached hydrogens (primary N) is 1. The van der Waals surface area contributed by atoms with E-state index in [-0.39, 0.29) is 17.8 Å². The maximum absolute atomic E-state index is 5.92. The minimum Gasteiger partial charge on any atom is -0.330 e. The fraction of sp³-hybridized carbons (Fsp3) is 0.588. The Labute approximate surface area is 139 Å². The number of halogens is 1. The highest BCUT2D eigenvalue weighted by molar-refractivity contribution is 5.85. The summed E-state index contributed by atoms with van der Waals surface area (Å²) in [4.78, 5) is 7.36. The molecule has 4 nitrogen and oxygen atoms in total. The molecule has 0 radical (unpaired) electrons. The van der Waals surface area contributed by atoms with E-state index in [0.29, 0.717) is 0 Å². The topological polar surface area (TPSA) is 47.1 Å². The first-order valence-corrected chi connectivity index (χ1v) is 8.02. The number of nitrogens with zero attached hydrogens (tertiary/aromatic N) is 3. The van der Waals surface area contributed by atoms with Crippen LogP contribution in [0.5, 0.6) is 0 Å². The molecule has 1 aliphatic heterocycles. The molecule has 1 saturated heterocycles. The monoisotopic (exact) mass is 322 g/mol. The van der Waals surface area contributed by atoms with E-state index in [1.54, 1.807) is 0 Å². The molecular formula is C17H27ClN4. The van der Waals surface area contributed by atoms with Crippen molar-refractivity contribution in [1.82, 2.24) is 14.5 Å². The minimum atomic E-state index is 0. The second-order valence-corrected chi connectivity index (χ2v) is 6.64. The lowest BCUT2D eigenvalue weighted by molar-refractivity contribution is 0.266. The van der Waals surface area contributed by atoms with Gasteiger partial charge >= 0.3 is 0 Å². The number of benzene rings is 1. The van der Waals surface area contributed by atoms with Crippen LogP contribution in [0.4, 0.5) is 0 Å². The minimum absolute atomic E-state index is 0. The molecule has 22 heavy (non-hydrogen) atoms. The molecule has 2 heterocycles. The molecule has 1 unspecified atom stereocenters. The summed E-state index contributed by atoms with van der Waals surface area (Å²) in [5.41, 5.74) is 8.57. The fourth-order valence-corrected chi connectivity index (χ4v) is 3.35.